The molecule has 620 valence electrons. The fraction of sp³-hybridized carbons (Fsp3) is 0.667. The van der Waals surface area contributed by atoms with Crippen molar-refractivity contribution >= 4 is 66.4 Å². The first-order valence-electron chi connectivity index (χ1n) is 46.0. The van der Waals surface area contributed by atoms with Crippen molar-refractivity contribution in [2.45, 2.75) is 364 Å². The number of nitrogens with zero attached hydrogens (tertiary/aromatic N) is 4. The maximum Gasteiger partial charge on any atom is 0.208 e. The van der Waals surface area contributed by atoms with Crippen molar-refractivity contribution in [2.75, 3.05) is 52.9 Å². The van der Waals surface area contributed by atoms with Crippen LogP contribution in [0.5, 0.6) is 46.0 Å². The number of benzene rings is 4. The van der Waals surface area contributed by atoms with Crippen LogP contribution in [0.25, 0.3) is 43.1 Å². The topological polar surface area (TPSA) is 186 Å². The lowest BCUT2D eigenvalue weighted by Crippen LogP contribution is -2.11. The SMILES string of the molecule is CCCCCCCCOc1c(OCCCCCCCC)c(OCCCCCCCC)c2c3[nH]c(c2c1OCCCCCCCC)N=c1[nH]c(c2ccccc12)=Nc1[nH]c(c2ccccc12)N=c1[nH]c(c2c(OCCCCCCCC)c(OCCCCCCCC)c(OCCCCCCCC)c(OCCCCCCCC)c12)=N3. The van der Waals surface area contributed by atoms with Crippen molar-refractivity contribution in [3.63, 3.8) is 0 Å². The van der Waals surface area contributed by atoms with Gasteiger partial charge in [-0.15, -0.1) is 0 Å². The normalized spacial score (nSPS) is 12.1. The van der Waals surface area contributed by atoms with E-state index >= 15 is 0 Å². The van der Waals surface area contributed by atoms with E-state index in [1.165, 1.54) is 154 Å². The van der Waals surface area contributed by atoms with Crippen molar-refractivity contribution in [1.82, 2.24) is 19.9 Å². The smallest absolute Gasteiger partial charge is 0.208 e. The monoisotopic (exact) mass is 1540 g/mol. The summed E-state index contributed by atoms with van der Waals surface area (Å²) in [4.78, 5) is 38.8. The van der Waals surface area contributed by atoms with Crippen molar-refractivity contribution in [3.8, 4) is 46.0 Å². The molecule has 9 rings (SSSR count). The minimum Gasteiger partial charge on any atom is -0.489 e. The van der Waals surface area contributed by atoms with Gasteiger partial charge in [0.05, 0.1) is 74.4 Å². The highest BCUT2D eigenvalue weighted by molar-refractivity contribution is 6.11. The van der Waals surface area contributed by atoms with E-state index in [1.54, 1.807) is 0 Å². The number of hydrogen-bond acceptors (Lipinski definition) is 12. The lowest BCUT2D eigenvalue weighted by molar-refractivity contribution is 0.222. The number of hydrogen-bond donors (Lipinski definition) is 4. The van der Waals surface area contributed by atoms with E-state index in [2.05, 4.69) is 124 Å². The van der Waals surface area contributed by atoms with Crippen molar-refractivity contribution in [1.29, 1.82) is 0 Å². The molecule has 5 heterocycles. The summed E-state index contributed by atoms with van der Waals surface area (Å²) in [6, 6.07) is 16.8. The van der Waals surface area contributed by atoms with E-state index in [1.807, 2.05) is 0 Å². The molecular weight excluding hydrogens is 1390 g/mol. The largest absolute Gasteiger partial charge is 0.489 e. The van der Waals surface area contributed by atoms with Crippen LogP contribution in [-0.4, -0.2) is 72.8 Å². The molecule has 8 bridgehead atoms. The molecule has 0 amide bonds. The van der Waals surface area contributed by atoms with E-state index in [-0.39, 0.29) is 0 Å². The third-order valence-corrected chi connectivity index (χ3v) is 22.3. The molecule has 1 aliphatic heterocycles. The van der Waals surface area contributed by atoms with Gasteiger partial charge in [-0.1, -0.05) is 361 Å². The number of rotatable bonds is 64. The van der Waals surface area contributed by atoms with Gasteiger partial charge >= 0.3 is 0 Å². The number of H-pyrrole nitrogens is 4. The highest BCUT2D eigenvalue weighted by atomic mass is 16.6. The van der Waals surface area contributed by atoms with Crippen LogP contribution in [0, 0.1) is 0 Å². The molecule has 0 radical (unpaired) electrons. The van der Waals surface area contributed by atoms with Gasteiger partial charge in [-0.3, -0.25) is 0 Å². The predicted molar refractivity (Wildman–Crippen MR) is 467 cm³/mol. The van der Waals surface area contributed by atoms with Crippen LogP contribution in [-0.2, 0) is 0 Å². The van der Waals surface area contributed by atoms with E-state index in [9.17, 15) is 0 Å². The molecule has 4 aromatic heterocycles. The summed E-state index contributed by atoms with van der Waals surface area (Å²) in [5.74, 6) is 6.74. The van der Waals surface area contributed by atoms with E-state index in [0.29, 0.717) is 166 Å². The van der Waals surface area contributed by atoms with Crippen LogP contribution in [0.15, 0.2) is 68.5 Å². The van der Waals surface area contributed by atoms with Crippen LogP contribution in [0.1, 0.15) is 364 Å². The molecule has 0 aliphatic carbocycles. The second-order valence-corrected chi connectivity index (χ2v) is 31.9. The third-order valence-electron chi connectivity index (χ3n) is 22.3. The molecular formula is C96H148N8O8. The first kappa shape index (κ1) is 88.6. The van der Waals surface area contributed by atoms with Gasteiger partial charge in [0.1, 0.15) is 45.2 Å². The predicted octanol–water partition coefficient (Wildman–Crippen LogP) is 27.6. The molecule has 0 atom stereocenters. The Bertz CT molecular complexity index is 4220. The van der Waals surface area contributed by atoms with Gasteiger partial charge in [0, 0.05) is 21.5 Å². The van der Waals surface area contributed by atoms with Gasteiger partial charge in [-0.25, -0.2) is 20.0 Å². The average Bonchev–Trinajstić information content (AvgIpc) is 1.54. The van der Waals surface area contributed by atoms with Gasteiger partial charge in [0.25, 0.3) is 0 Å². The lowest BCUT2D eigenvalue weighted by Gasteiger charge is -2.22. The maximum atomic E-state index is 7.55. The molecule has 8 aromatic rings. The molecule has 4 aromatic carbocycles. The Kier molecular flexibility index (Phi) is 41.3. The Morgan fingerprint density at radius 1 is 0.188 bits per heavy atom. The minimum atomic E-state index is 0.448. The van der Waals surface area contributed by atoms with Gasteiger partial charge < -0.3 is 57.8 Å². The first-order chi connectivity index (χ1) is 55.4. The molecule has 16 nitrogen and oxygen atoms in total. The van der Waals surface area contributed by atoms with Crippen LogP contribution in [0.3, 0.4) is 0 Å². The number of nitrogens with one attached hydrogen (secondary N) is 4. The fourth-order valence-corrected chi connectivity index (χ4v) is 15.6. The van der Waals surface area contributed by atoms with Gasteiger partial charge in [-0.2, -0.15) is 0 Å². The molecule has 0 fully saturated rings. The summed E-state index contributed by atoms with van der Waals surface area (Å²) in [7, 11) is 0. The Labute approximate surface area is 673 Å². The third kappa shape index (κ3) is 26.9. The molecule has 0 saturated heterocycles. The quantitative estimate of drug-likeness (QED) is 0.0271. The number of ether oxygens (including phenoxy) is 8. The second-order valence-electron chi connectivity index (χ2n) is 31.9. The molecule has 4 N–H and O–H groups in total. The lowest BCUT2D eigenvalue weighted by atomic mass is 10.1. The molecule has 16 heteroatoms. The van der Waals surface area contributed by atoms with Gasteiger partial charge in [0.2, 0.25) is 23.0 Å². The molecule has 0 saturated carbocycles. The van der Waals surface area contributed by atoms with Crippen molar-refractivity contribution in [3.05, 3.63) is 70.5 Å². The van der Waals surface area contributed by atoms with Crippen LogP contribution in [0.4, 0.5) is 23.3 Å². The summed E-state index contributed by atoms with van der Waals surface area (Å²) < 4.78 is 59.7. The van der Waals surface area contributed by atoms with Crippen LogP contribution >= 0.6 is 0 Å². The summed E-state index contributed by atoms with van der Waals surface area (Å²) in [6.45, 7) is 21.9. The summed E-state index contributed by atoms with van der Waals surface area (Å²) in [5, 5.41) is 6.42. The number of aromatic amines is 4. The molecule has 0 spiro atoms. The zero-order chi connectivity index (χ0) is 78.4. The Morgan fingerprint density at radius 2 is 0.375 bits per heavy atom. The average molecular weight is 1540 g/mol. The standard InChI is InChI=1S/C96H148N8O8/c1-9-17-25-33-41-53-65-105-81-77-79(83(107-67-55-43-35-27-19-11-3)87(111-71-59-47-39-31-23-15-7)85(81)109-69-57-45-37-29-21-13-5)95-102-93(77)100-91-75-63-51-49-61-73(75)89(98-91)97-90-74-62-50-52-64-76(74)92(99-90)101-94-78-80(96(103-94)104-95)84(108-68-56-44-36-28-20-12-4)88(112-72-60-48-40-32-24-16-8)86(110-70-58-46-38-30-22-14-6)82(78)106-66-54-42-34-26-18-10-2/h49-52,61-64H,9-48,53-60,65-72H2,1-8H3,(H4,97,98,99,100,101,102,103,104). The van der Waals surface area contributed by atoms with Gasteiger partial charge in [0.15, 0.2) is 23.0 Å². The van der Waals surface area contributed by atoms with E-state index in [4.69, 9.17) is 57.9 Å². The molecule has 0 unspecified atom stereocenters. The Balaban J connectivity index is 1.45. The van der Waals surface area contributed by atoms with E-state index in [0.717, 1.165) is 176 Å². The number of unbranched alkanes of at least 4 members (excludes halogenated alkanes) is 40. The summed E-state index contributed by atoms with van der Waals surface area (Å²) >= 11 is 0. The number of aromatic nitrogens is 4. The molecule has 112 heavy (non-hydrogen) atoms. The Hall–Kier alpha value is -7.36. The zero-order valence-corrected chi connectivity index (χ0v) is 71.3. The summed E-state index contributed by atoms with van der Waals surface area (Å²) in [6.07, 6.45) is 53.3. The summed E-state index contributed by atoms with van der Waals surface area (Å²) in [5.41, 5.74) is 2.30. The van der Waals surface area contributed by atoms with Gasteiger partial charge in [-0.05, 0) is 51.4 Å². The van der Waals surface area contributed by atoms with E-state index < -0.39 is 0 Å². The van der Waals surface area contributed by atoms with Crippen LogP contribution < -0.4 is 59.8 Å². The van der Waals surface area contributed by atoms with Crippen LogP contribution in [0.2, 0.25) is 0 Å². The number of fused-ring (bicyclic) bond motifs is 20. The second kappa shape index (κ2) is 52.2. The highest BCUT2D eigenvalue weighted by Gasteiger charge is 2.34. The highest BCUT2D eigenvalue weighted by Crippen LogP contribution is 2.58. The van der Waals surface area contributed by atoms with Crippen molar-refractivity contribution < 1.29 is 37.9 Å². The zero-order valence-electron chi connectivity index (χ0n) is 71.3. The fourth-order valence-electron chi connectivity index (χ4n) is 15.6. The Morgan fingerprint density at radius 3 is 0.643 bits per heavy atom. The minimum absolute atomic E-state index is 0.448. The first-order valence-corrected chi connectivity index (χ1v) is 46.0. The maximum absolute atomic E-state index is 7.55. The van der Waals surface area contributed by atoms with Crippen molar-refractivity contribution in [2.24, 2.45) is 20.0 Å². The molecule has 1 aliphatic rings.